The molecular weight excluding hydrogens is 549 g/mol. The molecule has 1 aliphatic rings. The zero-order valence-electron chi connectivity index (χ0n) is 22.7. The number of hydrogen-bond donors (Lipinski definition) is 1. The van der Waals surface area contributed by atoms with Gasteiger partial charge in [-0.05, 0) is 68.5 Å². The smallest absolute Gasteiger partial charge is 0.416 e. The first kappa shape index (κ1) is 29.5. The number of nitrogens with zero attached hydrogens (tertiary/aromatic N) is 7. The van der Waals surface area contributed by atoms with Gasteiger partial charge in [0.1, 0.15) is 0 Å². The highest BCUT2D eigenvalue weighted by molar-refractivity contribution is 6.30. The number of benzene rings is 1. The third-order valence-corrected chi connectivity index (χ3v) is 7.16. The van der Waals surface area contributed by atoms with Gasteiger partial charge in [0.2, 0.25) is 11.8 Å². The van der Waals surface area contributed by atoms with Crippen molar-refractivity contribution in [3.05, 3.63) is 46.7 Å². The van der Waals surface area contributed by atoms with E-state index < -0.39 is 11.7 Å². The maximum Gasteiger partial charge on any atom is 0.416 e. The summed E-state index contributed by atoms with van der Waals surface area (Å²) >= 11 is 6.11. The summed E-state index contributed by atoms with van der Waals surface area (Å²) in [4.78, 5) is 25.8. The lowest BCUT2D eigenvalue weighted by Gasteiger charge is -2.47. The van der Waals surface area contributed by atoms with Gasteiger partial charge in [0.05, 0.1) is 17.2 Å². The number of likely N-dealkylation sites (tertiary alicyclic amines) is 1. The van der Waals surface area contributed by atoms with Gasteiger partial charge in [-0.15, -0.1) is 10.2 Å². The Hall–Kier alpha value is -3.48. The zero-order chi connectivity index (χ0) is 29.0. The number of halogens is 4. The Morgan fingerprint density at radius 2 is 1.80 bits per heavy atom. The van der Waals surface area contributed by atoms with Crippen LogP contribution in [0.25, 0.3) is 11.4 Å². The van der Waals surface area contributed by atoms with Crippen LogP contribution in [0.1, 0.15) is 64.5 Å². The normalized spacial score (nSPS) is 19.6. The number of aromatic amines is 1. The molecule has 0 unspecified atom stereocenters. The summed E-state index contributed by atoms with van der Waals surface area (Å²) < 4.78 is 46.3. The summed E-state index contributed by atoms with van der Waals surface area (Å²) in [7, 11) is 0. The minimum atomic E-state index is -4.55. The van der Waals surface area contributed by atoms with Gasteiger partial charge in [0.15, 0.2) is 0 Å². The van der Waals surface area contributed by atoms with Crippen molar-refractivity contribution in [3.63, 3.8) is 0 Å². The van der Waals surface area contributed by atoms with Crippen molar-refractivity contribution in [2.45, 2.75) is 90.3 Å². The Labute approximate surface area is 235 Å². The molecular formula is C26H32ClF3N8O2. The molecule has 40 heavy (non-hydrogen) atoms. The monoisotopic (exact) mass is 580 g/mol. The van der Waals surface area contributed by atoms with Crippen molar-refractivity contribution in [2.75, 3.05) is 4.90 Å². The number of nitrogens with one attached hydrogen (secondary N) is 1. The Morgan fingerprint density at radius 3 is 2.33 bits per heavy atom. The maximum atomic E-state index is 13.6. The summed E-state index contributed by atoms with van der Waals surface area (Å²) in [5, 5.41) is 13.8. The van der Waals surface area contributed by atoms with Gasteiger partial charge < -0.3 is 14.5 Å². The van der Waals surface area contributed by atoms with E-state index in [0.717, 1.165) is 12.1 Å². The molecule has 1 amide bonds. The Morgan fingerprint density at radius 1 is 1.15 bits per heavy atom. The molecule has 1 N–H and O–H groups in total. The van der Waals surface area contributed by atoms with E-state index >= 15 is 0 Å². The number of H-pyrrole nitrogens is 1. The van der Waals surface area contributed by atoms with Crippen molar-refractivity contribution in [1.82, 2.24) is 35.5 Å². The number of piperidine rings is 1. The molecule has 0 spiro atoms. The molecule has 14 heteroatoms. The molecule has 1 saturated heterocycles. The number of tetrazole rings is 1. The van der Waals surface area contributed by atoms with Gasteiger partial charge >= 0.3 is 12.3 Å². The third kappa shape index (κ3) is 6.80. The summed E-state index contributed by atoms with van der Waals surface area (Å²) in [5.74, 6) is 0.644. The molecule has 3 heterocycles. The van der Waals surface area contributed by atoms with Crippen molar-refractivity contribution >= 4 is 23.6 Å². The second-order valence-electron chi connectivity index (χ2n) is 10.1. The highest BCUT2D eigenvalue weighted by Gasteiger charge is 2.41. The standard InChI is InChI=1S/C26H32ClF3N8O2/c1-5-20-10-22(11-21(6-2)38(20)25(39)40-15(3)4)37(14-16-7-18(26(28,29)30)9-19(27)8-16)24-31-12-17(13-32-24)23-33-35-36-34-23/h7-9,12-13,15,20-22H,5-6,10-11,14H2,1-4H3,(H,33,34,35,36)/t20-,21+,22-. The van der Waals surface area contributed by atoms with Crippen molar-refractivity contribution < 1.29 is 22.7 Å². The zero-order valence-corrected chi connectivity index (χ0v) is 23.4. The topological polar surface area (TPSA) is 113 Å². The molecule has 3 aromatic rings. The molecule has 1 fully saturated rings. The first-order chi connectivity index (χ1) is 19.0. The second-order valence-corrected chi connectivity index (χ2v) is 10.5. The van der Waals surface area contributed by atoms with Crippen molar-refractivity contribution in [3.8, 4) is 11.4 Å². The number of carbonyl (C=O) groups is 1. The van der Waals surface area contributed by atoms with E-state index in [-0.39, 0.29) is 41.9 Å². The molecule has 0 saturated carbocycles. The van der Waals surface area contributed by atoms with Crippen LogP contribution in [0, 0.1) is 0 Å². The van der Waals surface area contributed by atoms with E-state index in [1.165, 1.54) is 6.07 Å². The van der Waals surface area contributed by atoms with Crippen LogP contribution in [0.4, 0.5) is 23.9 Å². The summed E-state index contributed by atoms with van der Waals surface area (Å²) in [6.07, 6.45) is 0.410. The van der Waals surface area contributed by atoms with Gasteiger partial charge in [-0.25, -0.2) is 14.8 Å². The van der Waals surface area contributed by atoms with E-state index in [4.69, 9.17) is 16.3 Å². The number of alkyl halides is 3. The summed E-state index contributed by atoms with van der Waals surface area (Å²) in [6.45, 7) is 7.71. The highest BCUT2D eigenvalue weighted by atomic mass is 35.5. The number of aromatic nitrogens is 6. The Balaban J connectivity index is 1.70. The average Bonchev–Trinajstić information content (AvgIpc) is 3.45. The molecule has 4 rings (SSSR count). The molecule has 1 aromatic carbocycles. The number of carbonyl (C=O) groups excluding carboxylic acids is 1. The Bertz CT molecular complexity index is 1260. The van der Waals surface area contributed by atoms with Crippen LogP contribution in [0.5, 0.6) is 0 Å². The van der Waals surface area contributed by atoms with Gasteiger partial charge in [-0.1, -0.05) is 25.4 Å². The quantitative estimate of drug-likeness (QED) is 0.350. The van der Waals surface area contributed by atoms with E-state index in [1.54, 1.807) is 12.4 Å². The fourth-order valence-corrected chi connectivity index (χ4v) is 5.38. The summed E-state index contributed by atoms with van der Waals surface area (Å²) in [5.41, 5.74) is 0.0736. The van der Waals surface area contributed by atoms with Crippen LogP contribution < -0.4 is 4.90 Å². The maximum absolute atomic E-state index is 13.6. The van der Waals surface area contributed by atoms with E-state index in [9.17, 15) is 18.0 Å². The SMILES string of the molecule is CC[C@@H]1C[C@@H](N(Cc2cc(Cl)cc(C(F)(F)F)c2)c2ncc(-c3nn[nH]n3)cn2)C[C@H](CC)N1C(=O)OC(C)C. The van der Waals surface area contributed by atoms with Crippen LogP contribution in [0.3, 0.4) is 0 Å². The first-order valence-corrected chi connectivity index (χ1v) is 13.6. The number of ether oxygens (including phenoxy) is 1. The van der Waals surface area contributed by atoms with Crippen molar-refractivity contribution in [2.24, 2.45) is 0 Å². The largest absolute Gasteiger partial charge is 0.447 e. The third-order valence-electron chi connectivity index (χ3n) is 6.94. The van der Waals surface area contributed by atoms with Crippen LogP contribution in [0.15, 0.2) is 30.6 Å². The van der Waals surface area contributed by atoms with Crippen LogP contribution in [-0.2, 0) is 17.5 Å². The number of amides is 1. The van der Waals surface area contributed by atoms with Crippen LogP contribution in [-0.4, -0.2) is 65.8 Å². The molecule has 10 nitrogen and oxygen atoms in total. The number of rotatable bonds is 8. The molecule has 0 radical (unpaired) electrons. The van der Waals surface area contributed by atoms with Gasteiger partial charge in [-0.2, -0.15) is 18.4 Å². The fourth-order valence-electron chi connectivity index (χ4n) is 5.13. The van der Waals surface area contributed by atoms with Crippen LogP contribution in [0.2, 0.25) is 5.02 Å². The van der Waals surface area contributed by atoms with Gasteiger partial charge in [0.25, 0.3) is 0 Å². The molecule has 0 bridgehead atoms. The highest BCUT2D eigenvalue weighted by Crippen LogP contribution is 2.36. The molecule has 0 aliphatic carbocycles. The predicted molar refractivity (Wildman–Crippen MR) is 142 cm³/mol. The van der Waals surface area contributed by atoms with Crippen molar-refractivity contribution in [1.29, 1.82) is 0 Å². The first-order valence-electron chi connectivity index (χ1n) is 13.2. The molecule has 1 aliphatic heterocycles. The van der Waals surface area contributed by atoms with E-state index in [2.05, 4.69) is 30.6 Å². The van der Waals surface area contributed by atoms with E-state index in [0.29, 0.717) is 48.6 Å². The minimum Gasteiger partial charge on any atom is -0.447 e. The predicted octanol–water partition coefficient (Wildman–Crippen LogP) is 5.90. The minimum absolute atomic E-state index is 0.0118. The molecule has 3 atom stereocenters. The second kappa shape index (κ2) is 12.4. The Kier molecular flexibility index (Phi) is 9.12. The van der Waals surface area contributed by atoms with Gasteiger partial charge in [-0.3, -0.25) is 0 Å². The lowest BCUT2D eigenvalue weighted by atomic mass is 9.87. The lowest BCUT2D eigenvalue weighted by Crippen LogP contribution is -2.57. The van der Waals surface area contributed by atoms with Gasteiger partial charge in [0, 0.05) is 42.1 Å². The van der Waals surface area contributed by atoms with E-state index in [1.807, 2.05) is 37.5 Å². The van der Waals surface area contributed by atoms with Crippen LogP contribution >= 0.6 is 11.6 Å². The number of hydrogen-bond acceptors (Lipinski definition) is 8. The number of anilines is 1. The average molecular weight is 581 g/mol. The molecule has 216 valence electrons. The summed E-state index contributed by atoms with van der Waals surface area (Å²) in [6, 6.07) is 3.06. The molecule has 2 aromatic heterocycles. The lowest BCUT2D eigenvalue weighted by molar-refractivity contribution is -0.137. The fraction of sp³-hybridized carbons (Fsp3) is 0.538.